The van der Waals surface area contributed by atoms with Crippen molar-refractivity contribution in [2.75, 3.05) is 14.2 Å². The van der Waals surface area contributed by atoms with E-state index in [-0.39, 0.29) is 11.7 Å². The molecule has 0 saturated carbocycles. The first kappa shape index (κ1) is 16.6. The minimum Gasteiger partial charge on any atom is -0.497 e. The molecule has 0 aromatic heterocycles. The van der Waals surface area contributed by atoms with Crippen molar-refractivity contribution in [2.45, 2.75) is 25.8 Å². The lowest BCUT2D eigenvalue weighted by Gasteiger charge is -2.28. The van der Waals surface area contributed by atoms with Crippen molar-refractivity contribution < 1.29 is 19.5 Å². The molecule has 0 bridgehead atoms. The number of oxime groups is 1. The van der Waals surface area contributed by atoms with Crippen LogP contribution in [0.2, 0.25) is 0 Å². The molecular formula is C14H21N3O4. The molecule has 7 nitrogen and oxygen atoms in total. The number of hydrogen-bond donors (Lipinski definition) is 3. The van der Waals surface area contributed by atoms with Crippen LogP contribution in [0.3, 0.4) is 0 Å². The molecule has 116 valence electrons. The molecule has 0 aliphatic carbocycles. The van der Waals surface area contributed by atoms with Gasteiger partial charge in [0.05, 0.1) is 19.8 Å². The number of ether oxygens (including phenoxy) is 2. The maximum absolute atomic E-state index is 12.4. The van der Waals surface area contributed by atoms with Gasteiger partial charge in [-0.15, -0.1) is 0 Å². The minimum atomic E-state index is -0.942. The zero-order chi connectivity index (χ0) is 16.0. The van der Waals surface area contributed by atoms with Crippen molar-refractivity contribution in [3.05, 3.63) is 23.8 Å². The van der Waals surface area contributed by atoms with E-state index < -0.39 is 5.54 Å². The molecule has 1 unspecified atom stereocenters. The standard InChI is InChI=1S/C14H21N3O4/c1-5-14(2,13(15)17-19)16-12(18)9-6-10(20-3)8-11(7-9)21-4/h6-8,19H,5H2,1-4H3,(H2,15,17)(H,16,18). The van der Waals surface area contributed by atoms with Gasteiger partial charge in [0.2, 0.25) is 0 Å². The summed E-state index contributed by atoms with van der Waals surface area (Å²) in [5.41, 5.74) is 5.05. The number of nitrogens with zero attached hydrogens (tertiary/aromatic N) is 1. The summed E-state index contributed by atoms with van der Waals surface area (Å²) in [6.07, 6.45) is 0.468. The number of amidine groups is 1. The molecule has 1 atom stereocenters. The third-order valence-electron chi connectivity index (χ3n) is 3.38. The Morgan fingerprint density at radius 1 is 1.33 bits per heavy atom. The van der Waals surface area contributed by atoms with E-state index in [1.165, 1.54) is 14.2 Å². The molecule has 1 aromatic carbocycles. The van der Waals surface area contributed by atoms with Gasteiger partial charge in [-0.05, 0) is 25.5 Å². The number of hydrogen-bond acceptors (Lipinski definition) is 5. The van der Waals surface area contributed by atoms with Gasteiger partial charge < -0.3 is 25.7 Å². The number of nitrogens with one attached hydrogen (secondary N) is 1. The molecule has 1 aromatic rings. The van der Waals surface area contributed by atoms with E-state index in [1.807, 2.05) is 6.92 Å². The Labute approximate surface area is 123 Å². The average Bonchev–Trinajstić information content (AvgIpc) is 2.52. The van der Waals surface area contributed by atoms with Gasteiger partial charge in [-0.25, -0.2) is 0 Å². The number of benzene rings is 1. The Morgan fingerprint density at radius 3 is 2.24 bits per heavy atom. The van der Waals surface area contributed by atoms with E-state index in [0.717, 1.165) is 0 Å². The SMILES string of the molecule is CCC(C)(NC(=O)c1cc(OC)cc(OC)c1)/C(N)=N/O. The maximum atomic E-state index is 12.4. The first-order valence-corrected chi connectivity index (χ1v) is 6.43. The molecule has 0 saturated heterocycles. The van der Waals surface area contributed by atoms with Crippen LogP contribution in [0.5, 0.6) is 11.5 Å². The second-order valence-corrected chi connectivity index (χ2v) is 4.73. The Morgan fingerprint density at radius 2 is 1.86 bits per heavy atom. The van der Waals surface area contributed by atoms with Crippen LogP contribution in [0.1, 0.15) is 30.6 Å². The fourth-order valence-corrected chi connectivity index (χ4v) is 1.71. The summed E-state index contributed by atoms with van der Waals surface area (Å²) < 4.78 is 10.2. The van der Waals surface area contributed by atoms with Crippen molar-refractivity contribution in [3.63, 3.8) is 0 Å². The average molecular weight is 295 g/mol. The van der Waals surface area contributed by atoms with Crippen LogP contribution >= 0.6 is 0 Å². The summed E-state index contributed by atoms with van der Waals surface area (Å²) in [7, 11) is 3.01. The Balaban J connectivity index is 3.08. The normalized spacial score (nSPS) is 14.2. The van der Waals surface area contributed by atoms with Crippen molar-refractivity contribution >= 4 is 11.7 Å². The van der Waals surface area contributed by atoms with Crippen LogP contribution in [-0.4, -0.2) is 36.7 Å². The topological polar surface area (TPSA) is 106 Å². The molecular weight excluding hydrogens is 274 g/mol. The molecule has 0 aliphatic heterocycles. The van der Waals surface area contributed by atoms with Crippen molar-refractivity contribution in [1.82, 2.24) is 5.32 Å². The third-order valence-corrected chi connectivity index (χ3v) is 3.38. The highest BCUT2D eigenvalue weighted by molar-refractivity contribution is 6.00. The van der Waals surface area contributed by atoms with Crippen LogP contribution in [0.25, 0.3) is 0 Å². The molecule has 21 heavy (non-hydrogen) atoms. The number of carbonyl (C=O) groups excluding carboxylic acids is 1. The summed E-state index contributed by atoms with van der Waals surface area (Å²) in [6.45, 7) is 3.50. The lowest BCUT2D eigenvalue weighted by molar-refractivity contribution is 0.0924. The Hall–Kier alpha value is -2.44. The monoisotopic (exact) mass is 295 g/mol. The zero-order valence-corrected chi connectivity index (χ0v) is 12.6. The van der Waals surface area contributed by atoms with Gasteiger partial charge in [0.15, 0.2) is 5.84 Å². The van der Waals surface area contributed by atoms with Crippen LogP contribution < -0.4 is 20.5 Å². The second kappa shape index (κ2) is 6.83. The predicted molar refractivity (Wildman–Crippen MR) is 79.1 cm³/mol. The first-order valence-electron chi connectivity index (χ1n) is 6.43. The Bertz CT molecular complexity index is 523. The lowest BCUT2D eigenvalue weighted by Crippen LogP contribution is -2.55. The van der Waals surface area contributed by atoms with Gasteiger partial charge in [-0.3, -0.25) is 4.79 Å². The van der Waals surface area contributed by atoms with E-state index in [2.05, 4.69) is 10.5 Å². The molecule has 0 fully saturated rings. The summed E-state index contributed by atoms with van der Waals surface area (Å²) in [6, 6.07) is 4.83. The summed E-state index contributed by atoms with van der Waals surface area (Å²) in [4.78, 5) is 12.4. The van der Waals surface area contributed by atoms with E-state index in [0.29, 0.717) is 23.5 Å². The van der Waals surface area contributed by atoms with Crippen molar-refractivity contribution in [2.24, 2.45) is 10.9 Å². The van der Waals surface area contributed by atoms with Crippen molar-refractivity contribution in [3.8, 4) is 11.5 Å². The number of methoxy groups -OCH3 is 2. The molecule has 0 spiro atoms. The van der Waals surface area contributed by atoms with Gasteiger partial charge in [0.25, 0.3) is 5.91 Å². The van der Waals surface area contributed by atoms with Crippen LogP contribution in [0.15, 0.2) is 23.4 Å². The quantitative estimate of drug-likeness (QED) is 0.318. The van der Waals surface area contributed by atoms with Crippen LogP contribution in [0.4, 0.5) is 0 Å². The van der Waals surface area contributed by atoms with Gasteiger partial charge >= 0.3 is 0 Å². The fourth-order valence-electron chi connectivity index (χ4n) is 1.71. The fraction of sp³-hybridized carbons (Fsp3) is 0.429. The van der Waals surface area contributed by atoms with E-state index in [4.69, 9.17) is 20.4 Å². The van der Waals surface area contributed by atoms with Crippen LogP contribution in [-0.2, 0) is 0 Å². The molecule has 0 heterocycles. The van der Waals surface area contributed by atoms with Gasteiger partial charge in [-0.1, -0.05) is 12.1 Å². The van der Waals surface area contributed by atoms with Gasteiger partial charge in [0, 0.05) is 11.6 Å². The predicted octanol–water partition coefficient (Wildman–Crippen LogP) is 1.35. The highest BCUT2D eigenvalue weighted by Gasteiger charge is 2.30. The van der Waals surface area contributed by atoms with Crippen molar-refractivity contribution in [1.29, 1.82) is 0 Å². The van der Waals surface area contributed by atoms with Gasteiger partial charge in [0.1, 0.15) is 11.5 Å². The molecule has 1 amide bonds. The summed E-state index contributed by atoms with van der Waals surface area (Å²) in [5.74, 6) is 0.569. The largest absolute Gasteiger partial charge is 0.497 e. The zero-order valence-electron chi connectivity index (χ0n) is 12.6. The number of amides is 1. The first-order chi connectivity index (χ1) is 9.89. The number of nitrogens with two attached hydrogens (primary N) is 1. The summed E-state index contributed by atoms with van der Waals surface area (Å²) >= 11 is 0. The van der Waals surface area contributed by atoms with E-state index >= 15 is 0 Å². The van der Waals surface area contributed by atoms with E-state index in [9.17, 15) is 4.79 Å². The number of rotatable bonds is 6. The third kappa shape index (κ3) is 3.77. The molecule has 0 radical (unpaired) electrons. The second-order valence-electron chi connectivity index (χ2n) is 4.73. The highest BCUT2D eigenvalue weighted by Crippen LogP contribution is 2.23. The highest BCUT2D eigenvalue weighted by atomic mass is 16.5. The molecule has 0 aliphatic rings. The van der Waals surface area contributed by atoms with Crippen LogP contribution in [0, 0.1) is 0 Å². The van der Waals surface area contributed by atoms with E-state index in [1.54, 1.807) is 25.1 Å². The molecule has 7 heteroatoms. The van der Waals surface area contributed by atoms with Gasteiger partial charge in [-0.2, -0.15) is 0 Å². The maximum Gasteiger partial charge on any atom is 0.252 e. The summed E-state index contributed by atoms with van der Waals surface area (Å²) in [5, 5.41) is 14.5. The Kier molecular flexibility index (Phi) is 5.40. The smallest absolute Gasteiger partial charge is 0.252 e. The lowest BCUT2D eigenvalue weighted by atomic mass is 9.96. The molecule has 1 rings (SSSR count). The number of carbonyl (C=O) groups is 1. The minimum absolute atomic E-state index is 0.0618. The molecule has 4 N–H and O–H groups in total.